The van der Waals surface area contributed by atoms with Crippen molar-refractivity contribution in [3.05, 3.63) is 22.4 Å². The molecule has 0 aliphatic heterocycles. The van der Waals surface area contributed by atoms with Crippen molar-refractivity contribution in [2.24, 2.45) is 11.7 Å². The van der Waals surface area contributed by atoms with Crippen molar-refractivity contribution in [3.8, 4) is 0 Å². The van der Waals surface area contributed by atoms with E-state index in [2.05, 4.69) is 22.8 Å². The molecule has 4 heteroatoms. The third-order valence-electron chi connectivity index (χ3n) is 5.15. The highest BCUT2D eigenvalue weighted by Crippen LogP contribution is 2.38. The summed E-state index contributed by atoms with van der Waals surface area (Å²) in [5.74, 6) is 0.745. The van der Waals surface area contributed by atoms with Crippen molar-refractivity contribution in [1.82, 2.24) is 5.32 Å². The summed E-state index contributed by atoms with van der Waals surface area (Å²) in [4.78, 5) is 13.8. The van der Waals surface area contributed by atoms with Gasteiger partial charge in [-0.1, -0.05) is 31.7 Å². The molecule has 0 aromatic carbocycles. The Hall–Kier alpha value is -0.870. The van der Waals surface area contributed by atoms with Crippen molar-refractivity contribution in [1.29, 1.82) is 0 Å². The molecule has 21 heavy (non-hydrogen) atoms. The number of nitrogens with two attached hydrogens (primary N) is 1. The Morgan fingerprint density at radius 1 is 1.33 bits per heavy atom. The van der Waals surface area contributed by atoms with Gasteiger partial charge < -0.3 is 11.1 Å². The van der Waals surface area contributed by atoms with Gasteiger partial charge in [0.15, 0.2) is 0 Å². The predicted octanol–water partition coefficient (Wildman–Crippen LogP) is 3.76. The van der Waals surface area contributed by atoms with E-state index in [-0.39, 0.29) is 17.5 Å². The number of hydrogen-bond acceptors (Lipinski definition) is 3. The van der Waals surface area contributed by atoms with Crippen LogP contribution in [0, 0.1) is 5.92 Å². The first-order chi connectivity index (χ1) is 10.2. The molecule has 2 fully saturated rings. The highest BCUT2D eigenvalue weighted by Gasteiger charge is 2.34. The fraction of sp³-hybridized carbons (Fsp3) is 0.706. The van der Waals surface area contributed by atoms with E-state index in [0.717, 1.165) is 12.8 Å². The lowest BCUT2D eigenvalue weighted by atomic mass is 9.92. The zero-order valence-corrected chi connectivity index (χ0v) is 13.5. The molecule has 1 atom stereocenters. The van der Waals surface area contributed by atoms with Gasteiger partial charge in [-0.3, -0.25) is 4.79 Å². The van der Waals surface area contributed by atoms with E-state index in [1.54, 1.807) is 11.3 Å². The summed E-state index contributed by atoms with van der Waals surface area (Å²) < 4.78 is 0. The second-order valence-electron chi connectivity index (χ2n) is 6.85. The number of amides is 1. The van der Waals surface area contributed by atoms with Crippen LogP contribution < -0.4 is 11.1 Å². The smallest absolute Gasteiger partial charge is 0.222 e. The van der Waals surface area contributed by atoms with Gasteiger partial charge in [0.1, 0.15) is 0 Å². The summed E-state index contributed by atoms with van der Waals surface area (Å²) in [6.45, 7) is 0. The van der Waals surface area contributed by atoms with Gasteiger partial charge in [0.2, 0.25) is 5.91 Å². The highest BCUT2D eigenvalue weighted by molar-refractivity contribution is 7.10. The molecule has 3 nitrogen and oxygen atoms in total. The molecule has 1 aromatic heterocycles. The number of carbonyl (C=O) groups is 1. The molecule has 116 valence electrons. The van der Waals surface area contributed by atoms with Gasteiger partial charge >= 0.3 is 0 Å². The predicted molar refractivity (Wildman–Crippen MR) is 87.2 cm³/mol. The molecule has 0 spiro atoms. The Labute approximate surface area is 131 Å². The van der Waals surface area contributed by atoms with Crippen molar-refractivity contribution in [2.75, 3.05) is 0 Å². The Kier molecular flexibility index (Phi) is 4.65. The minimum absolute atomic E-state index is 0.143. The Balaban J connectivity index is 1.65. The van der Waals surface area contributed by atoms with Gasteiger partial charge in [-0.2, -0.15) is 0 Å². The van der Waals surface area contributed by atoms with Gasteiger partial charge in [0, 0.05) is 16.8 Å². The summed E-state index contributed by atoms with van der Waals surface area (Å²) >= 11 is 1.76. The quantitative estimate of drug-likeness (QED) is 0.870. The monoisotopic (exact) mass is 306 g/mol. The highest BCUT2D eigenvalue weighted by atomic mass is 32.1. The van der Waals surface area contributed by atoms with E-state index in [0.29, 0.717) is 12.3 Å². The zero-order valence-electron chi connectivity index (χ0n) is 12.6. The lowest BCUT2D eigenvalue weighted by molar-refractivity contribution is -0.123. The van der Waals surface area contributed by atoms with Crippen LogP contribution in [0.5, 0.6) is 0 Å². The molecule has 1 aromatic rings. The number of thiophene rings is 1. The van der Waals surface area contributed by atoms with Crippen LogP contribution in [0.3, 0.4) is 0 Å². The average molecular weight is 306 g/mol. The van der Waals surface area contributed by atoms with Gasteiger partial charge in [-0.05, 0) is 43.0 Å². The summed E-state index contributed by atoms with van der Waals surface area (Å²) in [6, 6.07) is 4.43. The molecule has 2 aliphatic carbocycles. The van der Waals surface area contributed by atoms with E-state index in [1.807, 2.05) is 0 Å². The third-order valence-corrected chi connectivity index (χ3v) is 6.10. The van der Waals surface area contributed by atoms with Crippen LogP contribution in [-0.4, -0.2) is 11.4 Å². The van der Waals surface area contributed by atoms with E-state index in [4.69, 9.17) is 5.73 Å². The molecule has 3 rings (SSSR count). The first-order valence-corrected chi connectivity index (χ1v) is 9.16. The molecule has 2 aliphatic rings. The zero-order chi connectivity index (χ0) is 14.7. The third kappa shape index (κ3) is 3.67. The van der Waals surface area contributed by atoms with Crippen LogP contribution in [0.4, 0.5) is 0 Å². The minimum atomic E-state index is -0.250. The van der Waals surface area contributed by atoms with Crippen LogP contribution in [-0.2, 0) is 4.79 Å². The largest absolute Gasteiger partial charge is 0.348 e. The lowest BCUT2D eigenvalue weighted by Crippen LogP contribution is -2.43. The number of hydrogen-bond donors (Lipinski definition) is 2. The first-order valence-electron chi connectivity index (χ1n) is 8.28. The van der Waals surface area contributed by atoms with Gasteiger partial charge in [0.05, 0.1) is 6.04 Å². The molecular formula is C17H26N2OS. The maximum absolute atomic E-state index is 12.5. The van der Waals surface area contributed by atoms with Crippen LogP contribution in [0.1, 0.15) is 68.7 Å². The molecule has 0 bridgehead atoms. The summed E-state index contributed by atoms with van der Waals surface area (Å²) in [7, 11) is 0. The minimum Gasteiger partial charge on any atom is -0.348 e. The second-order valence-corrected chi connectivity index (χ2v) is 7.83. The lowest BCUT2D eigenvalue weighted by Gasteiger charge is -2.27. The van der Waals surface area contributed by atoms with Crippen LogP contribution in [0.25, 0.3) is 0 Å². The summed E-state index contributed by atoms with van der Waals surface area (Å²) in [5.41, 5.74) is 6.10. The van der Waals surface area contributed by atoms with Gasteiger partial charge in [-0.25, -0.2) is 0 Å². The van der Waals surface area contributed by atoms with Crippen LogP contribution in [0.15, 0.2) is 17.5 Å². The topological polar surface area (TPSA) is 55.1 Å². The van der Waals surface area contributed by atoms with Crippen molar-refractivity contribution >= 4 is 17.2 Å². The van der Waals surface area contributed by atoms with E-state index in [9.17, 15) is 4.79 Å². The normalized spacial score (nSPS) is 23.3. The van der Waals surface area contributed by atoms with Gasteiger partial charge in [0.25, 0.3) is 0 Å². The molecule has 0 saturated heterocycles. The maximum Gasteiger partial charge on any atom is 0.222 e. The number of nitrogens with one attached hydrogen (secondary N) is 1. The van der Waals surface area contributed by atoms with E-state index >= 15 is 0 Å². The summed E-state index contributed by atoms with van der Waals surface area (Å²) in [5, 5.41) is 5.41. The number of rotatable bonds is 5. The molecule has 1 amide bonds. The molecule has 0 radical (unpaired) electrons. The van der Waals surface area contributed by atoms with Crippen LogP contribution in [0.2, 0.25) is 0 Å². The van der Waals surface area contributed by atoms with Gasteiger partial charge in [-0.15, -0.1) is 11.3 Å². The fourth-order valence-corrected chi connectivity index (χ4v) is 4.85. The Morgan fingerprint density at radius 3 is 2.67 bits per heavy atom. The molecular weight excluding hydrogens is 280 g/mol. The number of carbonyl (C=O) groups excluding carboxylic acids is 1. The molecule has 2 saturated carbocycles. The van der Waals surface area contributed by atoms with Crippen LogP contribution >= 0.6 is 11.3 Å². The second kappa shape index (κ2) is 6.49. The molecule has 1 heterocycles. The van der Waals surface area contributed by atoms with E-state index < -0.39 is 0 Å². The maximum atomic E-state index is 12.5. The van der Waals surface area contributed by atoms with E-state index in [1.165, 1.54) is 43.4 Å². The van der Waals surface area contributed by atoms with Crippen molar-refractivity contribution in [3.63, 3.8) is 0 Å². The molecule has 1 unspecified atom stereocenters. The van der Waals surface area contributed by atoms with Crippen molar-refractivity contribution in [2.45, 2.75) is 69.4 Å². The average Bonchev–Trinajstić information content (AvgIpc) is 3.19. The Bertz CT molecular complexity index is 459. The summed E-state index contributed by atoms with van der Waals surface area (Å²) in [6.07, 6.45) is 9.86. The molecule has 3 N–H and O–H groups in total. The Morgan fingerprint density at radius 2 is 2.05 bits per heavy atom. The van der Waals surface area contributed by atoms with Crippen molar-refractivity contribution < 1.29 is 4.79 Å². The SMILES string of the molecule is NC1(CC(=O)NC(c2cccs2)C2CCCC2)CCCC1. The first kappa shape index (κ1) is 15.0. The standard InChI is InChI=1S/C17H26N2OS/c18-17(9-3-4-10-17)12-15(20)19-16(13-6-1-2-7-13)14-8-5-11-21-14/h5,8,11,13,16H,1-4,6-7,9-10,12,18H2,(H,19,20). The fourth-order valence-electron chi connectivity index (χ4n) is 3.98.